The van der Waals surface area contributed by atoms with Crippen LogP contribution in [-0.2, 0) is 0 Å². The van der Waals surface area contributed by atoms with Gasteiger partial charge in [-0.15, -0.1) is 5.53 Å². The van der Waals surface area contributed by atoms with Gasteiger partial charge in [0, 0.05) is 41.1 Å². The Morgan fingerprint density at radius 2 is 2.00 bits per heavy atom. The number of rotatable bonds is 7. The standard InChI is InChI=1S/C27H29Cl2N7/c1-27(2,3)15-32-24-17(12-30)13-31-26-21(24)10-19(11-22(26)29)33-25(16-4-6-18(28)7-5-16)23-14-36(35-34-23)20-8-9-20/h4-7,10-11,13-14,20,25,33-35H,8-9,15H2,1-3H3,(H,31,32)/t25-/m1/s1/i25D. The van der Waals surface area contributed by atoms with E-state index in [1.807, 2.05) is 29.4 Å². The summed E-state index contributed by atoms with van der Waals surface area (Å²) in [7, 11) is 0. The van der Waals surface area contributed by atoms with Crippen LogP contribution in [0.15, 0.2) is 54.5 Å². The van der Waals surface area contributed by atoms with E-state index in [0.717, 1.165) is 12.8 Å². The lowest BCUT2D eigenvalue weighted by Crippen LogP contribution is -2.38. The van der Waals surface area contributed by atoms with Crippen molar-refractivity contribution in [2.45, 2.75) is 45.7 Å². The zero-order chi connectivity index (χ0) is 26.4. The molecule has 1 aromatic heterocycles. The third kappa shape index (κ3) is 5.31. The number of hydrazine groups is 2. The fourth-order valence-corrected chi connectivity index (χ4v) is 4.42. The molecule has 5 rings (SSSR count). The van der Waals surface area contributed by atoms with Crippen LogP contribution in [0.5, 0.6) is 0 Å². The number of pyridine rings is 1. The molecular weight excluding hydrogens is 493 g/mol. The number of hydrogen-bond acceptors (Lipinski definition) is 7. The Bertz CT molecular complexity index is 1410. The number of hydrogen-bond donors (Lipinski definition) is 4. The predicted octanol–water partition coefficient (Wildman–Crippen LogP) is 6.35. The minimum atomic E-state index is -1.39. The summed E-state index contributed by atoms with van der Waals surface area (Å²) in [5.74, 6) is 0. The molecule has 36 heavy (non-hydrogen) atoms. The number of nitrogens with one attached hydrogen (secondary N) is 4. The van der Waals surface area contributed by atoms with E-state index in [4.69, 9.17) is 23.2 Å². The number of benzene rings is 2. The zero-order valence-corrected chi connectivity index (χ0v) is 21.9. The summed E-state index contributed by atoms with van der Waals surface area (Å²) in [6, 6.07) is 12.1. The van der Waals surface area contributed by atoms with Crippen molar-refractivity contribution in [2.24, 2.45) is 5.41 Å². The smallest absolute Gasteiger partial charge is 0.103 e. The SMILES string of the molecule is [2H][C@](Nc1cc(Cl)c2ncc(C#N)c(NCC(C)(C)C)c2c1)(C1=CN(C2CC2)NN1)c1ccc(Cl)cc1. The van der Waals surface area contributed by atoms with E-state index in [-0.39, 0.29) is 5.41 Å². The number of aromatic nitrogens is 1. The number of nitriles is 1. The number of anilines is 2. The van der Waals surface area contributed by atoms with E-state index < -0.39 is 6.02 Å². The number of fused-ring (bicyclic) bond motifs is 1. The highest BCUT2D eigenvalue weighted by Gasteiger charge is 2.32. The van der Waals surface area contributed by atoms with Crippen molar-refractivity contribution >= 4 is 45.5 Å². The molecule has 7 nitrogen and oxygen atoms in total. The monoisotopic (exact) mass is 522 g/mol. The van der Waals surface area contributed by atoms with E-state index in [9.17, 15) is 6.63 Å². The molecule has 1 atom stereocenters. The Kier molecular flexibility index (Phi) is 6.26. The average molecular weight is 523 g/mol. The summed E-state index contributed by atoms with van der Waals surface area (Å²) in [4.78, 5) is 4.45. The molecule has 3 aromatic rings. The van der Waals surface area contributed by atoms with Gasteiger partial charge in [0.05, 0.1) is 34.9 Å². The average Bonchev–Trinajstić information content (AvgIpc) is 3.58. The van der Waals surface area contributed by atoms with Crippen LogP contribution < -0.4 is 21.6 Å². The molecule has 0 unspecified atom stereocenters. The molecular formula is C27H29Cl2N7. The van der Waals surface area contributed by atoms with Gasteiger partial charge < -0.3 is 16.1 Å². The lowest BCUT2D eigenvalue weighted by Gasteiger charge is -2.23. The summed E-state index contributed by atoms with van der Waals surface area (Å²) in [5, 5.41) is 20.3. The maximum absolute atomic E-state index is 9.77. The third-order valence-electron chi connectivity index (χ3n) is 6.04. The molecule has 0 radical (unpaired) electrons. The van der Waals surface area contributed by atoms with Crippen LogP contribution in [0, 0.1) is 16.7 Å². The van der Waals surface area contributed by atoms with Crippen LogP contribution >= 0.6 is 23.2 Å². The molecule has 2 aromatic carbocycles. The Labute approximate surface area is 222 Å². The second-order valence-corrected chi connectivity index (χ2v) is 11.2. The third-order valence-corrected chi connectivity index (χ3v) is 6.58. The van der Waals surface area contributed by atoms with Crippen molar-refractivity contribution in [3.63, 3.8) is 0 Å². The Balaban J connectivity index is 1.60. The van der Waals surface area contributed by atoms with Gasteiger partial charge in [0.2, 0.25) is 0 Å². The second kappa shape index (κ2) is 9.70. The first kappa shape index (κ1) is 23.2. The number of halogens is 2. The van der Waals surface area contributed by atoms with Gasteiger partial charge >= 0.3 is 0 Å². The fraction of sp³-hybridized carbons (Fsp3) is 0.333. The Morgan fingerprint density at radius 1 is 1.25 bits per heavy atom. The van der Waals surface area contributed by atoms with Gasteiger partial charge in [-0.2, -0.15) is 5.26 Å². The van der Waals surface area contributed by atoms with Crippen LogP contribution in [0.3, 0.4) is 0 Å². The molecule has 0 spiro atoms. The molecule has 0 amide bonds. The highest BCUT2D eigenvalue weighted by molar-refractivity contribution is 6.36. The first-order chi connectivity index (χ1) is 17.6. The molecule has 9 heteroatoms. The first-order valence-electron chi connectivity index (χ1n) is 12.4. The summed E-state index contributed by atoms with van der Waals surface area (Å²) >= 11 is 12.9. The quantitative estimate of drug-likeness (QED) is 0.287. The van der Waals surface area contributed by atoms with Gasteiger partial charge in [-0.1, -0.05) is 56.1 Å². The minimum absolute atomic E-state index is 0.00601. The van der Waals surface area contributed by atoms with Crippen LogP contribution in [0.25, 0.3) is 10.9 Å². The summed E-state index contributed by atoms with van der Waals surface area (Å²) < 4.78 is 9.61. The minimum Gasteiger partial charge on any atom is -0.383 e. The molecule has 1 saturated carbocycles. The summed E-state index contributed by atoms with van der Waals surface area (Å²) in [6.07, 6.45) is 5.69. The number of nitrogens with zero attached hydrogens (tertiary/aromatic N) is 3. The molecule has 0 saturated heterocycles. The molecule has 4 N–H and O–H groups in total. The molecule has 1 aliphatic carbocycles. The fourth-order valence-electron chi connectivity index (χ4n) is 4.02. The molecule has 186 valence electrons. The van der Waals surface area contributed by atoms with E-state index in [1.54, 1.807) is 24.4 Å². The van der Waals surface area contributed by atoms with Gasteiger partial charge in [0.25, 0.3) is 0 Å². The normalized spacial score (nSPS) is 17.6. The molecule has 1 fully saturated rings. The van der Waals surface area contributed by atoms with Gasteiger partial charge in [0.15, 0.2) is 0 Å². The predicted molar refractivity (Wildman–Crippen MR) is 146 cm³/mol. The van der Waals surface area contributed by atoms with Gasteiger partial charge in [-0.05, 0) is 48.1 Å². The molecule has 1 aliphatic heterocycles. The van der Waals surface area contributed by atoms with Crippen molar-refractivity contribution in [3.05, 3.63) is 75.7 Å². The lowest BCUT2D eigenvalue weighted by atomic mass is 9.96. The maximum atomic E-state index is 9.77. The Morgan fingerprint density at radius 3 is 2.67 bits per heavy atom. The molecule has 0 bridgehead atoms. The highest BCUT2D eigenvalue weighted by atomic mass is 35.5. The van der Waals surface area contributed by atoms with Crippen LogP contribution in [-0.4, -0.2) is 22.6 Å². The first-order valence-corrected chi connectivity index (χ1v) is 12.7. The largest absolute Gasteiger partial charge is 0.383 e. The van der Waals surface area contributed by atoms with Gasteiger partial charge in [-0.25, -0.2) is 0 Å². The molecule has 2 heterocycles. The van der Waals surface area contributed by atoms with E-state index >= 15 is 0 Å². The summed E-state index contributed by atoms with van der Waals surface area (Å²) in [5.41, 5.74) is 9.97. The van der Waals surface area contributed by atoms with Crippen molar-refractivity contribution in [1.82, 2.24) is 21.0 Å². The maximum Gasteiger partial charge on any atom is 0.103 e. The van der Waals surface area contributed by atoms with Crippen molar-refractivity contribution in [1.29, 1.82) is 5.26 Å². The van der Waals surface area contributed by atoms with E-state index in [2.05, 4.69) is 53.4 Å². The van der Waals surface area contributed by atoms with Crippen LogP contribution in [0.2, 0.25) is 10.0 Å². The van der Waals surface area contributed by atoms with Crippen molar-refractivity contribution in [3.8, 4) is 6.07 Å². The van der Waals surface area contributed by atoms with Crippen molar-refractivity contribution < 1.29 is 1.37 Å². The second-order valence-electron chi connectivity index (χ2n) is 10.4. The van der Waals surface area contributed by atoms with Gasteiger partial charge in [0.1, 0.15) is 6.07 Å². The van der Waals surface area contributed by atoms with Gasteiger partial charge in [-0.3, -0.25) is 9.99 Å². The Hall–Kier alpha value is -3.18. The van der Waals surface area contributed by atoms with E-state index in [0.29, 0.717) is 61.7 Å². The lowest BCUT2D eigenvalue weighted by molar-refractivity contribution is 0.260. The summed E-state index contributed by atoms with van der Waals surface area (Å²) in [6.45, 7) is 7.02. The van der Waals surface area contributed by atoms with Crippen molar-refractivity contribution in [2.75, 3.05) is 17.2 Å². The topological polar surface area (TPSA) is 88.0 Å². The molecule has 2 aliphatic rings. The highest BCUT2D eigenvalue weighted by Crippen LogP contribution is 2.37. The van der Waals surface area contributed by atoms with E-state index in [1.165, 1.54) is 0 Å². The zero-order valence-electron chi connectivity index (χ0n) is 21.4. The van der Waals surface area contributed by atoms with Crippen LogP contribution in [0.4, 0.5) is 11.4 Å². The van der Waals surface area contributed by atoms with Crippen LogP contribution in [0.1, 0.15) is 52.1 Å².